The highest BCUT2D eigenvalue weighted by atomic mass is 32.2. The summed E-state index contributed by atoms with van der Waals surface area (Å²) in [5.41, 5.74) is 1.98. The molecule has 334 valence electrons. The first-order chi connectivity index (χ1) is 30.8. The number of nitrogens with one attached hydrogen (secondary N) is 2. The molecule has 5 rings (SSSR count). The van der Waals surface area contributed by atoms with Gasteiger partial charge in [-0.1, -0.05) is 11.8 Å². The average Bonchev–Trinajstić information content (AvgIpc) is 3.89. The SMILES string of the molecule is [C-]#[N+]c1cc(C=O)sc1N=Nc1cc(OC)c(N(CC)CC)cc1Nc1nc(Nc2cc(N(CC)CC)c(OC)cc2N=Nc2sc(C=O)c(S(=O)(=O)O)c2C#N)nc(SCCO)n1. The number of hydrogen-bond acceptors (Lipinski definition) is 22. The second-order valence-electron chi connectivity index (χ2n) is 12.7. The van der Waals surface area contributed by atoms with Crippen LogP contribution in [-0.2, 0) is 10.1 Å². The second-order valence-corrected chi connectivity index (χ2v) is 17.2. The molecule has 0 amide bonds. The Morgan fingerprint density at radius 2 is 1.38 bits per heavy atom. The first-order valence-corrected chi connectivity index (χ1v) is 23.2. The lowest BCUT2D eigenvalue weighted by molar-refractivity contribution is 0.111. The van der Waals surface area contributed by atoms with E-state index in [0.717, 1.165) is 23.1 Å². The molecule has 21 nitrogen and oxygen atoms in total. The molecule has 0 spiro atoms. The molecule has 3 aromatic heterocycles. The van der Waals surface area contributed by atoms with Crippen molar-refractivity contribution in [2.24, 2.45) is 20.5 Å². The molecule has 2 aromatic carbocycles. The van der Waals surface area contributed by atoms with Gasteiger partial charge in [-0.3, -0.25) is 14.1 Å². The highest BCUT2D eigenvalue weighted by molar-refractivity contribution is 7.99. The van der Waals surface area contributed by atoms with Gasteiger partial charge in [-0.2, -0.15) is 33.7 Å². The standard InChI is InChI=1S/C39H41N13O8S4/c1-8-51(9-2)29-15-24(26(17-31(29)59-6)47-49-35-23(19-40)34(64(56,57)58)33(21-55)63-35)42-37-44-38(46-39(45-37)61-13-12-53)43-25-16-30(52(10-3)11-4)32(60-7)18-27(25)48-50-36-28(41-5)14-22(20-54)62-36/h14-18,20-21,53H,8-13H2,1-4,6-7H3,(H,56,57,58)(H2,42,43,44,45,46). The third-order valence-corrected chi connectivity index (χ3v) is 12.9. The van der Waals surface area contributed by atoms with Gasteiger partial charge in [-0.15, -0.1) is 38.0 Å². The summed E-state index contributed by atoms with van der Waals surface area (Å²) in [6.45, 7) is 17.7. The van der Waals surface area contributed by atoms with Crippen LogP contribution in [0.4, 0.5) is 61.7 Å². The minimum atomic E-state index is -4.97. The fraction of sp³-hybridized carbons (Fsp3) is 0.308. The number of methoxy groups -OCH3 is 2. The van der Waals surface area contributed by atoms with Gasteiger partial charge in [0.05, 0.1) is 59.9 Å². The minimum Gasteiger partial charge on any atom is -0.494 e. The normalized spacial score (nSPS) is 11.3. The summed E-state index contributed by atoms with van der Waals surface area (Å²) in [5.74, 6) is 1.13. The third-order valence-electron chi connectivity index (χ3n) is 9.03. The zero-order valence-corrected chi connectivity index (χ0v) is 38.4. The summed E-state index contributed by atoms with van der Waals surface area (Å²) in [6, 6.07) is 9.85. The van der Waals surface area contributed by atoms with E-state index in [1.165, 1.54) is 20.3 Å². The second kappa shape index (κ2) is 22.1. The van der Waals surface area contributed by atoms with E-state index in [-0.39, 0.29) is 68.5 Å². The summed E-state index contributed by atoms with van der Waals surface area (Å²) in [6.07, 6.45) is 0.832. The molecular formula is C39H41N13O8S4. The number of nitrogens with zero attached hydrogens (tertiary/aromatic N) is 11. The van der Waals surface area contributed by atoms with Crippen LogP contribution in [0.3, 0.4) is 0 Å². The molecule has 0 unspecified atom stereocenters. The molecule has 0 fully saturated rings. The van der Waals surface area contributed by atoms with Crippen molar-refractivity contribution in [3.8, 4) is 17.6 Å². The predicted octanol–water partition coefficient (Wildman–Crippen LogP) is 9.40. The van der Waals surface area contributed by atoms with Crippen molar-refractivity contribution < 1.29 is 37.1 Å². The maximum absolute atomic E-state index is 12.1. The average molecular weight is 948 g/mol. The number of anilines is 6. The molecule has 0 aliphatic carbocycles. The van der Waals surface area contributed by atoms with Crippen molar-refractivity contribution in [3.05, 3.63) is 57.1 Å². The fourth-order valence-corrected chi connectivity index (χ4v) is 9.36. The lowest BCUT2D eigenvalue weighted by atomic mass is 10.2. The minimum absolute atomic E-state index is 0.00174. The smallest absolute Gasteiger partial charge is 0.297 e. The van der Waals surface area contributed by atoms with E-state index in [2.05, 4.69) is 55.8 Å². The summed E-state index contributed by atoms with van der Waals surface area (Å²) >= 11 is 2.71. The van der Waals surface area contributed by atoms with Crippen molar-refractivity contribution >= 4 is 119 Å². The topological polar surface area (TPSA) is 274 Å². The Hall–Kier alpha value is -6.61. The number of hydrogen-bond donors (Lipinski definition) is 4. The Bertz CT molecular complexity index is 2770. The number of aldehydes is 2. The van der Waals surface area contributed by atoms with Crippen molar-refractivity contribution in [2.45, 2.75) is 37.7 Å². The quantitative estimate of drug-likeness (QED) is 0.0165. The van der Waals surface area contributed by atoms with E-state index >= 15 is 0 Å². The number of aliphatic hydroxyl groups is 1. The molecule has 0 radical (unpaired) electrons. The number of carbonyl (C=O) groups is 2. The third kappa shape index (κ3) is 11.1. The Morgan fingerprint density at radius 1 is 0.844 bits per heavy atom. The van der Waals surface area contributed by atoms with Gasteiger partial charge in [0.25, 0.3) is 10.1 Å². The molecular weight excluding hydrogens is 907 g/mol. The molecule has 3 heterocycles. The Morgan fingerprint density at radius 3 is 1.80 bits per heavy atom. The number of thioether (sulfide) groups is 1. The molecule has 0 aliphatic heterocycles. The molecule has 25 heteroatoms. The van der Waals surface area contributed by atoms with Gasteiger partial charge in [0.15, 0.2) is 22.7 Å². The molecule has 4 N–H and O–H groups in total. The van der Waals surface area contributed by atoms with Gasteiger partial charge in [-0.25, -0.2) is 4.85 Å². The van der Waals surface area contributed by atoms with Crippen LogP contribution < -0.4 is 29.9 Å². The first kappa shape index (κ1) is 48.4. The number of benzene rings is 2. The van der Waals surface area contributed by atoms with Crippen LogP contribution in [0.1, 0.15) is 52.6 Å². The van der Waals surface area contributed by atoms with Crippen molar-refractivity contribution in [1.82, 2.24) is 15.0 Å². The highest BCUT2D eigenvalue weighted by Crippen LogP contribution is 2.45. The summed E-state index contributed by atoms with van der Waals surface area (Å²) in [7, 11) is -1.98. The molecule has 5 aromatic rings. The van der Waals surface area contributed by atoms with Gasteiger partial charge in [0, 0.05) is 44.1 Å². The van der Waals surface area contributed by atoms with Crippen molar-refractivity contribution in [2.75, 3.05) is 73.2 Å². The molecule has 0 saturated heterocycles. The lowest BCUT2D eigenvalue weighted by Gasteiger charge is -2.25. The van der Waals surface area contributed by atoms with Crippen molar-refractivity contribution in [3.63, 3.8) is 0 Å². The first-order valence-electron chi connectivity index (χ1n) is 19.1. The largest absolute Gasteiger partial charge is 0.494 e. The molecule has 0 saturated carbocycles. The molecule has 64 heavy (non-hydrogen) atoms. The maximum atomic E-state index is 12.1. The summed E-state index contributed by atoms with van der Waals surface area (Å²) in [5, 5.41) is 43.4. The number of ether oxygens (including phenoxy) is 2. The number of aromatic nitrogens is 3. The number of rotatable bonds is 22. The Balaban J connectivity index is 1.68. The fourth-order valence-electron chi connectivity index (χ4n) is 6.06. The van der Waals surface area contributed by atoms with E-state index in [9.17, 15) is 32.9 Å². The summed E-state index contributed by atoms with van der Waals surface area (Å²) in [4.78, 5) is 43.7. The van der Waals surface area contributed by atoms with E-state index < -0.39 is 25.5 Å². The zero-order valence-electron chi connectivity index (χ0n) is 35.2. The van der Waals surface area contributed by atoms with E-state index in [1.807, 2.05) is 32.6 Å². The maximum Gasteiger partial charge on any atom is 0.297 e. The van der Waals surface area contributed by atoms with Gasteiger partial charge in [-0.05, 0) is 45.9 Å². The van der Waals surface area contributed by atoms with Gasteiger partial charge < -0.3 is 35.0 Å². The number of thiophene rings is 2. The predicted molar refractivity (Wildman–Crippen MR) is 246 cm³/mol. The zero-order chi connectivity index (χ0) is 46.6. The summed E-state index contributed by atoms with van der Waals surface area (Å²) < 4.78 is 45.6. The number of aliphatic hydroxyl groups excluding tert-OH is 1. The van der Waals surface area contributed by atoms with Crippen LogP contribution in [-0.4, -0.2) is 98.4 Å². The van der Waals surface area contributed by atoms with E-state index in [4.69, 9.17) is 16.0 Å². The van der Waals surface area contributed by atoms with Gasteiger partial charge in [0.1, 0.15) is 44.4 Å². The lowest BCUT2D eigenvalue weighted by Crippen LogP contribution is -2.22. The van der Waals surface area contributed by atoms with Crippen LogP contribution in [0.5, 0.6) is 11.5 Å². The van der Waals surface area contributed by atoms with E-state index in [0.29, 0.717) is 77.2 Å². The van der Waals surface area contributed by atoms with Crippen LogP contribution in [0.15, 0.2) is 60.8 Å². The monoisotopic (exact) mass is 947 g/mol. The number of nitriles is 1. The van der Waals surface area contributed by atoms with Gasteiger partial charge in [0.2, 0.25) is 17.6 Å². The molecule has 0 atom stereocenters. The molecule has 0 bridgehead atoms. The Labute approximate surface area is 380 Å². The molecule has 0 aliphatic rings. The number of carbonyl (C=O) groups excluding carboxylic acids is 2. The van der Waals surface area contributed by atoms with Crippen LogP contribution in [0.25, 0.3) is 4.85 Å². The Kier molecular flexibility index (Phi) is 16.8. The van der Waals surface area contributed by atoms with Gasteiger partial charge >= 0.3 is 0 Å². The van der Waals surface area contributed by atoms with Crippen molar-refractivity contribution in [1.29, 1.82) is 5.26 Å². The van der Waals surface area contributed by atoms with Crippen LogP contribution >= 0.6 is 34.4 Å². The highest BCUT2D eigenvalue weighted by Gasteiger charge is 2.28. The van der Waals surface area contributed by atoms with Crippen LogP contribution in [0, 0.1) is 17.9 Å². The number of azo groups is 2. The van der Waals surface area contributed by atoms with Crippen LogP contribution in [0.2, 0.25) is 0 Å². The van der Waals surface area contributed by atoms with E-state index in [1.54, 1.807) is 30.3 Å².